The van der Waals surface area contributed by atoms with Gasteiger partial charge in [-0.2, -0.15) is 8.78 Å². The molecular formula is C19H21ClF2N2O2. The van der Waals surface area contributed by atoms with Crippen molar-refractivity contribution < 1.29 is 18.3 Å². The summed E-state index contributed by atoms with van der Waals surface area (Å²) in [5.41, 5.74) is 1.80. The Bertz CT molecular complexity index is 739. The maximum Gasteiger partial charge on any atom is 0.387 e. The zero-order chi connectivity index (χ0) is 18.5. The highest BCUT2D eigenvalue weighted by Crippen LogP contribution is 2.38. The lowest BCUT2D eigenvalue weighted by molar-refractivity contribution is -0.0512. The van der Waals surface area contributed by atoms with Crippen LogP contribution in [0, 0.1) is 0 Å². The summed E-state index contributed by atoms with van der Waals surface area (Å²) in [4.78, 5) is 2.18. The van der Waals surface area contributed by atoms with E-state index in [1.165, 1.54) is 13.2 Å². The third-order valence-electron chi connectivity index (χ3n) is 4.40. The number of nitrogens with one attached hydrogen (secondary N) is 1. The first-order chi connectivity index (χ1) is 12.6. The predicted octanol–water partition coefficient (Wildman–Crippen LogP) is 4.84. The lowest BCUT2D eigenvalue weighted by Gasteiger charge is -2.36. The minimum atomic E-state index is -2.90. The molecule has 2 aromatic rings. The van der Waals surface area contributed by atoms with Crippen molar-refractivity contribution in [2.45, 2.75) is 25.5 Å². The zero-order valence-corrected chi connectivity index (χ0v) is 15.2. The Morgan fingerprint density at radius 2 is 1.81 bits per heavy atom. The molecule has 1 N–H and O–H groups in total. The van der Waals surface area contributed by atoms with Crippen LogP contribution in [0.3, 0.4) is 0 Å². The van der Waals surface area contributed by atoms with E-state index in [0.29, 0.717) is 5.02 Å². The molecule has 1 aliphatic heterocycles. The van der Waals surface area contributed by atoms with E-state index >= 15 is 0 Å². The Labute approximate surface area is 156 Å². The molecule has 1 saturated heterocycles. The smallest absolute Gasteiger partial charge is 0.387 e. The van der Waals surface area contributed by atoms with Crippen LogP contribution in [0.25, 0.3) is 0 Å². The highest BCUT2D eigenvalue weighted by molar-refractivity contribution is 6.30. The molecule has 1 heterocycles. The van der Waals surface area contributed by atoms with Crippen molar-refractivity contribution in [3.8, 4) is 11.5 Å². The fourth-order valence-corrected chi connectivity index (χ4v) is 3.45. The second kappa shape index (κ2) is 8.56. The van der Waals surface area contributed by atoms with E-state index in [1.807, 2.05) is 24.3 Å². The largest absolute Gasteiger partial charge is 0.493 e. The summed E-state index contributed by atoms with van der Waals surface area (Å²) in [6, 6.07) is 12.9. The lowest BCUT2D eigenvalue weighted by atomic mass is 10.0. The highest BCUT2D eigenvalue weighted by atomic mass is 35.5. The number of piperidine rings is 1. The van der Waals surface area contributed by atoms with Gasteiger partial charge in [0.15, 0.2) is 11.5 Å². The number of methoxy groups -OCH3 is 1. The molecule has 0 unspecified atom stereocenters. The molecule has 4 nitrogen and oxygen atoms in total. The molecule has 0 radical (unpaired) electrons. The van der Waals surface area contributed by atoms with Crippen molar-refractivity contribution in [1.29, 1.82) is 0 Å². The summed E-state index contributed by atoms with van der Waals surface area (Å²) >= 11 is 6.19. The van der Waals surface area contributed by atoms with Crippen LogP contribution >= 0.6 is 11.6 Å². The van der Waals surface area contributed by atoms with Gasteiger partial charge >= 0.3 is 6.61 Å². The number of rotatable bonds is 6. The SMILES string of the molecule is COc1cc(N(c2cccc(Cl)c2)C2CCNCC2)ccc1OC(F)F. The van der Waals surface area contributed by atoms with Crippen LogP contribution in [0.1, 0.15) is 12.8 Å². The van der Waals surface area contributed by atoms with Crippen molar-refractivity contribution in [3.05, 3.63) is 47.5 Å². The van der Waals surface area contributed by atoms with Crippen molar-refractivity contribution in [2.75, 3.05) is 25.1 Å². The summed E-state index contributed by atoms with van der Waals surface area (Å²) in [5.74, 6) is 0.284. The van der Waals surface area contributed by atoms with Crippen molar-refractivity contribution in [2.24, 2.45) is 0 Å². The van der Waals surface area contributed by atoms with Gasteiger partial charge in [0, 0.05) is 28.5 Å². The zero-order valence-electron chi connectivity index (χ0n) is 14.4. The van der Waals surface area contributed by atoms with Gasteiger partial charge < -0.3 is 19.7 Å². The molecule has 0 amide bonds. The van der Waals surface area contributed by atoms with Crippen LogP contribution in [-0.2, 0) is 0 Å². The number of anilines is 2. The van der Waals surface area contributed by atoms with Crippen molar-refractivity contribution in [1.82, 2.24) is 5.32 Å². The summed E-state index contributed by atoms with van der Waals surface area (Å²) < 4.78 is 35.0. The third-order valence-corrected chi connectivity index (χ3v) is 4.64. The fraction of sp³-hybridized carbons (Fsp3) is 0.368. The number of ether oxygens (including phenoxy) is 2. The van der Waals surface area contributed by atoms with Gasteiger partial charge in [0.05, 0.1) is 7.11 Å². The number of alkyl halides is 2. The average molecular weight is 383 g/mol. The molecule has 0 bridgehead atoms. The minimum Gasteiger partial charge on any atom is -0.493 e. The lowest BCUT2D eigenvalue weighted by Crippen LogP contribution is -2.40. The number of benzene rings is 2. The quantitative estimate of drug-likeness (QED) is 0.775. The van der Waals surface area contributed by atoms with Crippen LogP contribution in [0.2, 0.25) is 5.02 Å². The van der Waals surface area contributed by atoms with E-state index < -0.39 is 6.61 Å². The maximum atomic E-state index is 12.6. The molecule has 26 heavy (non-hydrogen) atoms. The van der Waals surface area contributed by atoms with Crippen molar-refractivity contribution in [3.63, 3.8) is 0 Å². The van der Waals surface area contributed by atoms with Gasteiger partial charge in [-0.25, -0.2) is 0 Å². The van der Waals surface area contributed by atoms with Gasteiger partial charge in [0.2, 0.25) is 0 Å². The van der Waals surface area contributed by atoms with Crippen LogP contribution in [0.15, 0.2) is 42.5 Å². The molecule has 1 aliphatic rings. The van der Waals surface area contributed by atoms with Gasteiger partial charge in [-0.05, 0) is 56.3 Å². The van der Waals surface area contributed by atoms with Gasteiger partial charge in [-0.1, -0.05) is 17.7 Å². The first kappa shape index (κ1) is 18.7. The number of halogens is 3. The van der Waals surface area contributed by atoms with Crippen LogP contribution in [-0.4, -0.2) is 32.9 Å². The molecule has 0 saturated carbocycles. The van der Waals surface area contributed by atoms with Crippen LogP contribution < -0.4 is 19.7 Å². The van der Waals surface area contributed by atoms with E-state index in [-0.39, 0.29) is 17.5 Å². The summed E-state index contributed by atoms with van der Waals surface area (Å²) in [7, 11) is 1.44. The normalized spacial score (nSPS) is 15.1. The van der Waals surface area contributed by atoms with E-state index in [4.69, 9.17) is 16.3 Å². The minimum absolute atomic E-state index is 0.0163. The molecule has 0 aliphatic carbocycles. The van der Waals surface area contributed by atoms with Crippen LogP contribution in [0.4, 0.5) is 20.2 Å². The molecule has 0 aromatic heterocycles. The second-order valence-electron chi connectivity index (χ2n) is 6.04. The Balaban J connectivity index is 2.00. The Morgan fingerprint density at radius 3 is 2.46 bits per heavy atom. The number of hydrogen-bond donors (Lipinski definition) is 1. The maximum absolute atomic E-state index is 12.6. The topological polar surface area (TPSA) is 33.7 Å². The number of nitrogens with zero attached hydrogens (tertiary/aromatic N) is 1. The van der Waals surface area contributed by atoms with E-state index in [9.17, 15) is 8.78 Å². The van der Waals surface area contributed by atoms with E-state index in [2.05, 4.69) is 15.0 Å². The summed E-state index contributed by atoms with van der Waals surface area (Å²) in [6.07, 6.45) is 1.92. The Kier molecular flexibility index (Phi) is 6.16. The van der Waals surface area contributed by atoms with Crippen LogP contribution in [0.5, 0.6) is 11.5 Å². The molecule has 0 spiro atoms. The van der Waals surface area contributed by atoms with Crippen molar-refractivity contribution >= 4 is 23.0 Å². The fourth-order valence-electron chi connectivity index (χ4n) is 3.26. The molecule has 2 aromatic carbocycles. The number of hydrogen-bond acceptors (Lipinski definition) is 4. The van der Waals surface area contributed by atoms with E-state index in [1.54, 1.807) is 12.1 Å². The average Bonchev–Trinajstić information content (AvgIpc) is 2.63. The first-order valence-electron chi connectivity index (χ1n) is 8.47. The molecule has 3 rings (SSSR count). The monoisotopic (exact) mass is 382 g/mol. The molecule has 0 atom stereocenters. The van der Waals surface area contributed by atoms with Gasteiger partial charge in [-0.15, -0.1) is 0 Å². The third kappa shape index (κ3) is 4.37. The van der Waals surface area contributed by atoms with Gasteiger partial charge in [-0.3, -0.25) is 0 Å². The van der Waals surface area contributed by atoms with Gasteiger partial charge in [0.1, 0.15) is 0 Å². The standard InChI is InChI=1S/C19H21ClF2N2O2/c1-25-18-12-16(5-6-17(18)26-19(21)22)24(14-7-9-23-10-8-14)15-4-2-3-13(20)11-15/h2-6,11-12,14,19,23H,7-10H2,1H3. The molecule has 1 fully saturated rings. The Morgan fingerprint density at radius 1 is 1.08 bits per heavy atom. The predicted molar refractivity (Wildman–Crippen MR) is 99.1 cm³/mol. The second-order valence-corrected chi connectivity index (χ2v) is 6.48. The van der Waals surface area contributed by atoms with E-state index in [0.717, 1.165) is 37.3 Å². The summed E-state index contributed by atoms with van der Waals surface area (Å²) in [6.45, 7) is -1.06. The molecular weight excluding hydrogens is 362 g/mol. The van der Waals surface area contributed by atoms with Gasteiger partial charge in [0.25, 0.3) is 0 Å². The molecule has 140 valence electrons. The summed E-state index contributed by atoms with van der Waals surface area (Å²) in [5, 5.41) is 4.00. The Hall–Kier alpha value is -2.05. The highest BCUT2D eigenvalue weighted by Gasteiger charge is 2.24. The molecule has 7 heteroatoms. The first-order valence-corrected chi connectivity index (χ1v) is 8.84.